The third kappa shape index (κ3) is 8.20. The predicted molar refractivity (Wildman–Crippen MR) is 151 cm³/mol. The first kappa shape index (κ1) is 29.0. The molecule has 1 heterocycles. The molecule has 2 aromatic carbocycles. The molecule has 3 rings (SSSR count). The number of allylic oxidation sites excluding steroid dienone is 1. The largest absolute Gasteiger partial charge is 0.432 e. The van der Waals surface area contributed by atoms with Crippen LogP contribution in [0.2, 0.25) is 0 Å². The highest BCUT2D eigenvalue weighted by Crippen LogP contribution is 2.35. The summed E-state index contributed by atoms with van der Waals surface area (Å²) in [5.74, 6) is 0. The number of hydrogen-bond acceptors (Lipinski definition) is 4. The third-order valence-electron chi connectivity index (χ3n) is 6.43. The SMILES string of the molecule is CCCCCc1ccc(N(c2ccc(CCCCC)cc2)c2ccnc(/C(N)=C/C(=N)C(F)(F)F)c2)cc1. The van der Waals surface area contributed by atoms with Crippen molar-refractivity contribution in [3.8, 4) is 0 Å². The minimum atomic E-state index is -4.77. The Morgan fingerprint density at radius 3 is 1.76 bits per heavy atom. The van der Waals surface area contributed by atoms with Crippen LogP contribution in [-0.2, 0) is 12.8 Å². The van der Waals surface area contributed by atoms with Gasteiger partial charge in [0, 0.05) is 23.3 Å². The van der Waals surface area contributed by atoms with Crippen molar-refractivity contribution in [1.29, 1.82) is 5.41 Å². The standard InChI is InChI=1S/C31H37F3N4/c1-3-5-7-9-23-11-15-25(16-12-23)38(26-17-13-24(14-18-26)10-8-6-4-2)27-19-20-37-29(21-27)28(35)22-30(36)31(32,33)34/h11-22,36H,3-10,35H2,1-2H3/b28-22-,36-30?. The number of pyridine rings is 1. The van der Waals surface area contributed by atoms with Gasteiger partial charge in [0.25, 0.3) is 0 Å². The van der Waals surface area contributed by atoms with E-state index in [1.165, 1.54) is 43.0 Å². The fourth-order valence-corrected chi connectivity index (χ4v) is 4.26. The van der Waals surface area contributed by atoms with Gasteiger partial charge < -0.3 is 10.6 Å². The van der Waals surface area contributed by atoms with E-state index >= 15 is 0 Å². The Morgan fingerprint density at radius 1 is 0.816 bits per heavy atom. The van der Waals surface area contributed by atoms with Gasteiger partial charge in [0.2, 0.25) is 0 Å². The maximum absolute atomic E-state index is 12.9. The molecule has 3 N–H and O–H groups in total. The molecule has 0 unspecified atom stereocenters. The smallest absolute Gasteiger partial charge is 0.397 e. The second kappa shape index (κ2) is 13.8. The van der Waals surface area contributed by atoms with Crippen LogP contribution in [0.4, 0.5) is 30.2 Å². The summed E-state index contributed by atoms with van der Waals surface area (Å²) in [6.07, 6.45) is 6.41. The lowest BCUT2D eigenvalue weighted by molar-refractivity contribution is -0.0583. The molecule has 0 aliphatic rings. The van der Waals surface area contributed by atoms with Crippen LogP contribution in [-0.4, -0.2) is 16.9 Å². The molecule has 0 amide bonds. The van der Waals surface area contributed by atoms with E-state index in [0.717, 1.165) is 37.1 Å². The van der Waals surface area contributed by atoms with E-state index < -0.39 is 11.9 Å². The van der Waals surface area contributed by atoms with Gasteiger partial charge in [0.05, 0.1) is 11.4 Å². The van der Waals surface area contributed by atoms with Gasteiger partial charge in [-0.1, -0.05) is 63.8 Å². The Labute approximate surface area is 223 Å². The van der Waals surface area contributed by atoms with Gasteiger partial charge in [-0.3, -0.25) is 10.4 Å². The van der Waals surface area contributed by atoms with E-state index in [4.69, 9.17) is 11.1 Å². The summed E-state index contributed by atoms with van der Waals surface area (Å²) < 4.78 is 38.6. The fraction of sp³-hybridized carbons (Fsp3) is 0.355. The van der Waals surface area contributed by atoms with Crippen LogP contribution >= 0.6 is 0 Å². The zero-order valence-electron chi connectivity index (χ0n) is 22.2. The Kier molecular flexibility index (Phi) is 10.5. The number of anilines is 3. The van der Waals surface area contributed by atoms with Crippen LogP contribution < -0.4 is 10.6 Å². The number of alkyl halides is 3. The summed E-state index contributed by atoms with van der Waals surface area (Å²) in [4.78, 5) is 6.21. The highest BCUT2D eigenvalue weighted by Gasteiger charge is 2.33. The zero-order chi connectivity index (χ0) is 27.5. The maximum atomic E-state index is 12.9. The highest BCUT2D eigenvalue weighted by molar-refractivity contribution is 6.01. The number of aryl methyl sites for hydroxylation is 2. The van der Waals surface area contributed by atoms with E-state index in [1.54, 1.807) is 12.1 Å². The van der Waals surface area contributed by atoms with Crippen molar-refractivity contribution in [1.82, 2.24) is 4.98 Å². The second-order valence-electron chi connectivity index (χ2n) is 9.49. The van der Waals surface area contributed by atoms with Crippen LogP contribution in [0.25, 0.3) is 5.70 Å². The molecule has 0 saturated heterocycles. The van der Waals surface area contributed by atoms with Gasteiger partial charge in [0.15, 0.2) is 0 Å². The molecule has 1 aromatic heterocycles. The van der Waals surface area contributed by atoms with Crippen molar-refractivity contribution < 1.29 is 13.2 Å². The van der Waals surface area contributed by atoms with E-state index in [9.17, 15) is 13.2 Å². The molecular formula is C31H37F3N4. The van der Waals surface area contributed by atoms with Gasteiger partial charge in [-0.15, -0.1) is 0 Å². The molecule has 0 aliphatic carbocycles. The van der Waals surface area contributed by atoms with E-state index in [0.29, 0.717) is 11.8 Å². The Balaban J connectivity index is 1.97. The Bertz CT molecular complexity index is 1150. The topological polar surface area (TPSA) is 66.0 Å². The Morgan fingerprint density at radius 2 is 1.32 bits per heavy atom. The van der Waals surface area contributed by atoms with Crippen LogP contribution in [0, 0.1) is 5.41 Å². The van der Waals surface area contributed by atoms with Gasteiger partial charge in [-0.2, -0.15) is 13.2 Å². The molecule has 4 nitrogen and oxygen atoms in total. The summed E-state index contributed by atoms with van der Waals surface area (Å²) >= 11 is 0. The number of hydrogen-bond donors (Lipinski definition) is 2. The van der Waals surface area contributed by atoms with Crippen molar-refractivity contribution in [3.05, 3.63) is 89.8 Å². The predicted octanol–water partition coefficient (Wildman–Crippen LogP) is 8.90. The summed E-state index contributed by atoms with van der Waals surface area (Å²) in [5, 5.41) is 7.27. The van der Waals surface area contributed by atoms with Gasteiger partial charge in [0.1, 0.15) is 5.71 Å². The monoisotopic (exact) mass is 522 g/mol. The summed E-state index contributed by atoms with van der Waals surface area (Å²) in [5.41, 5.74) is 9.46. The number of nitrogens with two attached hydrogens (primary N) is 1. The fourth-order valence-electron chi connectivity index (χ4n) is 4.26. The lowest BCUT2D eigenvalue weighted by Crippen LogP contribution is -2.20. The van der Waals surface area contributed by atoms with Crippen LogP contribution in [0.1, 0.15) is 69.2 Å². The molecule has 0 saturated carbocycles. The first-order valence-corrected chi connectivity index (χ1v) is 13.3. The second-order valence-corrected chi connectivity index (χ2v) is 9.49. The maximum Gasteiger partial charge on any atom is 0.432 e. The van der Waals surface area contributed by atoms with Crippen molar-refractivity contribution in [3.63, 3.8) is 0 Å². The molecule has 202 valence electrons. The molecule has 3 aromatic rings. The van der Waals surface area contributed by atoms with Gasteiger partial charge >= 0.3 is 6.18 Å². The molecule has 38 heavy (non-hydrogen) atoms. The van der Waals surface area contributed by atoms with Gasteiger partial charge in [-0.25, -0.2) is 0 Å². The number of rotatable bonds is 13. The minimum absolute atomic E-state index is 0.175. The molecule has 0 fully saturated rings. The summed E-state index contributed by atoms with van der Waals surface area (Å²) in [6.45, 7) is 4.37. The molecule has 0 radical (unpaired) electrons. The molecule has 0 atom stereocenters. The number of benzene rings is 2. The minimum Gasteiger partial charge on any atom is -0.397 e. The lowest BCUT2D eigenvalue weighted by atomic mass is 10.0. The molecule has 0 aliphatic heterocycles. The summed E-state index contributed by atoms with van der Waals surface area (Å²) in [6, 6.07) is 20.2. The van der Waals surface area contributed by atoms with E-state index in [2.05, 4.69) is 67.4 Å². The van der Waals surface area contributed by atoms with Crippen molar-refractivity contribution in [2.75, 3.05) is 4.90 Å². The molecule has 7 heteroatoms. The third-order valence-corrected chi connectivity index (χ3v) is 6.43. The number of aromatic nitrogens is 1. The van der Waals surface area contributed by atoms with Crippen LogP contribution in [0.3, 0.4) is 0 Å². The van der Waals surface area contributed by atoms with Crippen LogP contribution in [0.5, 0.6) is 0 Å². The quantitative estimate of drug-likeness (QED) is 0.174. The number of nitrogens with zero attached hydrogens (tertiary/aromatic N) is 2. The molecular weight excluding hydrogens is 485 g/mol. The van der Waals surface area contributed by atoms with Crippen molar-refractivity contribution >= 4 is 28.5 Å². The zero-order valence-corrected chi connectivity index (χ0v) is 22.2. The molecule has 0 spiro atoms. The first-order valence-electron chi connectivity index (χ1n) is 13.3. The summed E-state index contributed by atoms with van der Waals surface area (Å²) in [7, 11) is 0. The number of unbranched alkanes of at least 4 members (excludes halogenated alkanes) is 4. The normalized spacial score (nSPS) is 12.0. The van der Waals surface area contributed by atoms with Crippen LogP contribution in [0.15, 0.2) is 72.9 Å². The van der Waals surface area contributed by atoms with Gasteiger partial charge in [-0.05, 0) is 79.3 Å². The Hall–Kier alpha value is -3.61. The lowest BCUT2D eigenvalue weighted by Gasteiger charge is -2.26. The highest BCUT2D eigenvalue weighted by atomic mass is 19.4. The van der Waals surface area contributed by atoms with E-state index in [-0.39, 0.29) is 11.4 Å². The van der Waals surface area contributed by atoms with Crippen molar-refractivity contribution in [2.45, 2.75) is 71.4 Å². The first-order chi connectivity index (χ1) is 18.2. The average Bonchev–Trinajstić information content (AvgIpc) is 2.90. The number of halogens is 3. The molecule has 0 bridgehead atoms. The number of nitrogens with one attached hydrogen (secondary N) is 1. The van der Waals surface area contributed by atoms with Crippen molar-refractivity contribution in [2.24, 2.45) is 5.73 Å². The average molecular weight is 523 g/mol. The van der Waals surface area contributed by atoms with E-state index in [1.807, 2.05) is 4.90 Å².